The highest BCUT2D eigenvalue weighted by molar-refractivity contribution is 8.00. The molecule has 2 aromatic rings. The lowest BCUT2D eigenvalue weighted by Gasteiger charge is -2.25. The van der Waals surface area contributed by atoms with Gasteiger partial charge in [0.1, 0.15) is 11.1 Å². The Balaban J connectivity index is 1.73. The van der Waals surface area contributed by atoms with Gasteiger partial charge in [0.25, 0.3) is 0 Å². The third kappa shape index (κ3) is 5.54. The first-order chi connectivity index (χ1) is 13.8. The van der Waals surface area contributed by atoms with E-state index in [0.717, 1.165) is 22.7 Å². The van der Waals surface area contributed by atoms with Crippen molar-refractivity contribution in [3.8, 4) is 5.75 Å². The Kier molecular flexibility index (Phi) is 6.52. The van der Waals surface area contributed by atoms with Gasteiger partial charge in [0.05, 0.1) is 12.4 Å². The van der Waals surface area contributed by atoms with Crippen LogP contribution in [0, 0.1) is 5.41 Å². The van der Waals surface area contributed by atoms with E-state index in [1.165, 1.54) is 0 Å². The molecule has 0 bridgehead atoms. The zero-order chi connectivity index (χ0) is 21.0. The Morgan fingerprint density at radius 1 is 1.14 bits per heavy atom. The van der Waals surface area contributed by atoms with E-state index in [4.69, 9.17) is 4.74 Å². The average molecular weight is 413 g/mol. The van der Waals surface area contributed by atoms with Gasteiger partial charge >= 0.3 is 0 Å². The number of hydrogen-bond donors (Lipinski definition) is 1. The number of anilines is 2. The van der Waals surface area contributed by atoms with Crippen LogP contribution in [0.4, 0.5) is 11.4 Å². The quantitative estimate of drug-likeness (QED) is 0.705. The normalized spacial score (nSPS) is 16.8. The first-order valence-corrected chi connectivity index (χ1v) is 10.9. The van der Waals surface area contributed by atoms with Crippen LogP contribution >= 0.6 is 11.8 Å². The van der Waals surface area contributed by atoms with Crippen LogP contribution in [0.5, 0.6) is 5.75 Å². The second kappa shape index (κ2) is 8.91. The predicted molar refractivity (Wildman–Crippen MR) is 119 cm³/mol. The molecule has 0 unspecified atom stereocenters. The van der Waals surface area contributed by atoms with Crippen LogP contribution in [-0.4, -0.2) is 24.2 Å². The lowest BCUT2D eigenvalue weighted by molar-refractivity contribution is -0.118. The number of carbonyl (C=O) groups is 2. The molecule has 0 aliphatic carbocycles. The van der Waals surface area contributed by atoms with Crippen molar-refractivity contribution in [3.63, 3.8) is 0 Å². The summed E-state index contributed by atoms with van der Waals surface area (Å²) in [6, 6.07) is 15.4. The number of hydrogen-bond acceptors (Lipinski definition) is 4. The molecule has 1 aliphatic rings. The summed E-state index contributed by atoms with van der Waals surface area (Å²) in [6.07, 6.45) is 0.466. The molecule has 1 atom stereocenters. The Hall–Kier alpha value is -2.47. The van der Waals surface area contributed by atoms with E-state index in [1.807, 2.05) is 81.1 Å². The highest BCUT2D eigenvalue weighted by Crippen LogP contribution is 2.42. The number of nitrogens with one attached hydrogen (secondary N) is 1. The van der Waals surface area contributed by atoms with Crippen LogP contribution in [0.3, 0.4) is 0 Å². The molecule has 0 aromatic heterocycles. The fourth-order valence-corrected chi connectivity index (χ4v) is 4.41. The summed E-state index contributed by atoms with van der Waals surface area (Å²) >= 11 is 1.61. The fourth-order valence-electron chi connectivity index (χ4n) is 3.24. The molecule has 154 valence electrons. The van der Waals surface area contributed by atoms with Crippen molar-refractivity contribution >= 4 is 35.0 Å². The van der Waals surface area contributed by atoms with Gasteiger partial charge in [-0.1, -0.05) is 32.9 Å². The van der Waals surface area contributed by atoms with Crippen molar-refractivity contribution in [3.05, 3.63) is 54.1 Å². The molecule has 1 fully saturated rings. The third-order valence-electron chi connectivity index (χ3n) is 4.46. The van der Waals surface area contributed by atoms with Crippen molar-refractivity contribution in [2.45, 2.75) is 39.5 Å². The van der Waals surface area contributed by atoms with Gasteiger partial charge in [-0.3, -0.25) is 14.5 Å². The Bertz CT molecular complexity index is 857. The summed E-state index contributed by atoms with van der Waals surface area (Å²) < 4.78 is 5.49. The largest absolute Gasteiger partial charge is 0.494 e. The van der Waals surface area contributed by atoms with Crippen LogP contribution in [0.2, 0.25) is 0 Å². The van der Waals surface area contributed by atoms with E-state index >= 15 is 0 Å². The van der Waals surface area contributed by atoms with Crippen LogP contribution in [0.25, 0.3) is 0 Å². The van der Waals surface area contributed by atoms with Gasteiger partial charge in [-0.15, -0.1) is 11.8 Å². The number of rotatable bonds is 6. The lowest BCUT2D eigenvalue weighted by atomic mass is 9.92. The van der Waals surface area contributed by atoms with Crippen LogP contribution in [-0.2, 0) is 9.59 Å². The molecular formula is C23H28N2O3S. The fraction of sp³-hybridized carbons (Fsp3) is 0.391. The monoisotopic (exact) mass is 412 g/mol. The maximum absolute atomic E-state index is 12.5. The van der Waals surface area contributed by atoms with Gasteiger partial charge < -0.3 is 10.1 Å². The molecule has 1 saturated heterocycles. The minimum absolute atomic E-state index is 0.00619. The number of benzene rings is 2. The van der Waals surface area contributed by atoms with Gasteiger partial charge in [-0.05, 0) is 54.3 Å². The molecular weight excluding hydrogens is 384 g/mol. The number of nitrogens with zero attached hydrogens (tertiary/aromatic N) is 1. The summed E-state index contributed by atoms with van der Waals surface area (Å²) in [5.74, 6) is 1.34. The van der Waals surface area contributed by atoms with Crippen molar-refractivity contribution < 1.29 is 14.3 Å². The molecule has 1 aliphatic heterocycles. The molecule has 2 aromatic carbocycles. The van der Waals surface area contributed by atoms with Crippen LogP contribution in [0.1, 0.15) is 45.1 Å². The zero-order valence-electron chi connectivity index (χ0n) is 17.4. The van der Waals surface area contributed by atoms with E-state index in [-0.39, 0.29) is 22.6 Å². The summed E-state index contributed by atoms with van der Waals surface area (Å²) in [5.41, 5.74) is 2.60. The summed E-state index contributed by atoms with van der Waals surface area (Å²) in [7, 11) is 0. The van der Waals surface area contributed by atoms with Crippen LogP contribution in [0.15, 0.2) is 48.5 Å². The van der Waals surface area contributed by atoms with E-state index in [0.29, 0.717) is 18.8 Å². The average Bonchev–Trinajstić information content (AvgIpc) is 3.03. The molecule has 1 N–H and O–H groups in total. The molecule has 0 saturated carbocycles. The van der Waals surface area contributed by atoms with Crippen molar-refractivity contribution in [1.82, 2.24) is 0 Å². The Morgan fingerprint density at radius 2 is 1.79 bits per heavy atom. The molecule has 1 heterocycles. The molecule has 2 amide bonds. The second-order valence-electron chi connectivity index (χ2n) is 8.26. The van der Waals surface area contributed by atoms with Crippen molar-refractivity contribution in [2.24, 2.45) is 5.41 Å². The van der Waals surface area contributed by atoms with Gasteiger partial charge in [-0.2, -0.15) is 0 Å². The minimum Gasteiger partial charge on any atom is -0.494 e. The molecule has 0 spiro atoms. The molecule has 3 rings (SSSR count). The minimum atomic E-state index is -0.0835. The highest BCUT2D eigenvalue weighted by atomic mass is 32.2. The summed E-state index contributed by atoms with van der Waals surface area (Å²) in [6.45, 7) is 8.68. The third-order valence-corrected chi connectivity index (χ3v) is 5.68. The second-order valence-corrected chi connectivity index (χ2v) is 9.33. The Morgan fingerprint density at radius 3 is 2.38 bits per heavy atom. The number of amides is 2. The molecule has 6 heteroatoms. The SMILES string of the molecule is CCOc1ccc(N2C(=O)CS[C@H]2c2ccc(NC(=O)CC(C)(C)C)cc2)cc1. The molecule has 0 radical (unpaired) electrons. The van der Waals surface area contributed by atoms with Gasteiger partial charge in [0.2, 0.25) is 11.8 Å². The maximum Gasteiger partial charge on any atom is 0.238 e. The number of carbonyl (C=O) groups excluding carboxylic acids is 2. The van der Waals surface area contributed by atoms with Gasteiger partial charge in [0, 0.05) is 17.8 Å². The predicted octanol–water partition coefficient (Wildman–Crippen LogP) is 5.24. The summed E-state index contributed by atoms with van der Waals surface area (Å²) in [5, 5.41) is 2.86. The van der Waals surface area contributed by atoms with E-state index in [1.54, 1.807) is 11.8 Å². The maximum atomic E-state index is 12.5. The standard InChI is InChI=1S/C23H28N2O3S/c1-5-28-19-12-10-18(11-13-19)25-21(27)15-29-22(25)16-6-8-17(9-7-16)24-20(26)14-23(2,3)4/h6-13,22H,5,14-15H2,1-4H3,(H,24,26)/t22-/m0/s1. The first-order valence-electron chi connectivity index (χ1n) is 9.83. The Labute approximate surface area is 176 Å². The highest BCUT2D eigenvalue weighted by Gasteiger charge is 2.34. The lowest BCUT2D eigenvalue weighted by Crippen LogP contribution is -2.27. The van der Waals surface area contributed by atoms with Gasteiger partial charge in [0.15, 0.2) is 0 Å². The molecule has 5 nitrogen and oxygen atoms in total. The first kappa shape index (κ1) is 21.2. The van der Waals surface area contributed by atoms with E-state index < -0.39 is 0 Å². The van der Waals surface area contributed by atoms with E-state index in [2.05, 4.69) is 5.32 Å². The smallest absolute Gasteiger partial charge is 0.238 e. The molecule has 29 heavy (non-hydrogen) atoms. The summed E-state index contributed by atoms with van der Waals surface area (Å²) in [4.78, 5) is 26.5. The number of thioether (sulfide) groups is 1. The van der Waals surface area contributed by atoms with Gasteiger partial charge in [-0.25, -0.2) is 0 Å². The zero-order valence-corrected chi connectivity index (χ0v) is 18.2. The van der Waals surface area contributed by atoms with Crippen LogP contribution < -0.4 is 15.0 Å². The number of ether oxygens (including phenoxy) is 1. The van der Waals surface area contributed by atoms with E-state index in [9.17, 15) is 9.59 Å². The van der Waals surface area contributed by atoms with Crippen molar-refractivity contribution in [2.75, 3.05) is 22.6 Å². The topological polar surface area (TPSA) is 58.6 Å². The van der Waals surface area contributed by atoms with Crippen molar-refractivity contribution in [1.29, 1.82) is 0 Å².